The van der Waals surface area contributed by atoms with E-state index in [1.54, 1.807) is 11.3 Å². The van der Waals surface area contributed by atoms with Crippen molar-refractivity contribution in [3.8, 4) is 0 Å². The molecule has 0 aromatic carbocycles. The van der Waals surface area contributed by atoms with Crippen molar-refractivity contribution in [2.75, 3.05) is 39.9 Å². The quantitative estimate of drug-likeness (QED) is 0.422. The van der Waals surface area contributed by atoms with Crippen LogP contribution in [0.4, 0.5) is 0 Å². The molecule has 2 heterocycles. The summed E-state index contributed by atoms with van der Waals surface area (Å²) in [5.41, 5.74) is 0. The highest BCUT2D eigenvalue weighted by Gasteiger charge is 2.18. The summed E-state index contributed by atoms with van der Waals surface area (Å²) < 4.78 is 5.45. The zero-order chi connectivity index (χ0) is 15.1. The van der Waals surface area contributed by atoms with Crippen LogP contribution in [0.2, 0.25) is 0 Å². The molecule has 1 aliphatic heterocycles. The third kappa shape index (κ3) is 6.37. The summed E-state index contributed by atoms with van der Waals surface area (Å²) >= 11 is 1.76. The monoisotopic (exact) mass is 438 g/mol. The predicted molar refractivity (Wildman–Crippen MR) is 104 cm³/mol. The molecule has 1 aromatic rings. The molecule has 1 aliphatic rings. The number of ether oxygens (including phenoxy) is 1. The molecule has 126 valence electrons. The number of rotatable bonds is 6. The van der Waals surface area contributed by atoms with Gasteiger partial charge < -0.3 is 15.0 Å². The van der Waals surface area contributed by atoms with Crippen LogP contribution in [-0.2, 0) is 11.2 Å². The van der Waals surface area contributed by atoms with Gasteiger partial charge in [0.2, 0.25) is 0 Å². The fourth-order valence-corrected chi connectivity index (χ4v) is 3.22. The number of hydrogen-bond acceptors (Lipinski definition) is 4. The van der Waals surface area contributed by atoms with Gasteiger partial charge in [-0.15, -0.1) is 35.3 Å². The lowest BCUT2D eigenvalue weighted by molar-refractivity contribution is 0.181. The van der Waals surface area contributed by atoms with Crippen LogP contribution in [0.15, 0.2) is 11.2 Å². The Bertz CT molecular complexity index is 460. The average molecular weight is 438 g/mol. The number of halogens is 1. The second-order valence-electron chi connectivity index (χ2n) is 5.46. The fraction of sp³-hybridized carbons (Fsp3) is 0.733. The molecule has 0 aliphatic carbocycles. The molecular formula is C15H27IN4OS. The topological polar surface area (TPSA) is 49.8 Å². The van der Waals surface area contributed by atoms with Crippen LogP contribution in [0.1, 0.15) is 23.2 Å². The maximum atomic E-state index is 5.45. The summed E-state index contributed by atoms with van der Waals surface area (Å²) in [6.45, 7) is 8.64. The van der Waals surface area contributed by atoms with Crippen LogP contribution in [0.5, 0.6) is 0 Å². The van der Waals surface area contributed by atoms with Crippen molar-refractivity contribution < 1.29 is 4.74 Å². The van der Waals surface area contributed by atoms with Gasteiger partial charge in [0.15, 0.2) is 5.96 Å². The van der Waals surface area contributed by atoms with Crippen LogP contribution in [0.25, 0.3) is 0 Å². The van der Waals surface area contributed by atoms with Crippen LogP contribution in [0, 0.1) is 12.8 Å². The lowest BCUT2D eigenvalue weighted by Gasteiger charge is -2.24. The maximum absolute atomic E-state index is 5.45. The van der Waals surface area contributed by atoms with E-state index in [2.05, 4.69) is 36.1 Å². The molecule has 0 radical (unpaired) electrons. The lowest BCUT2D eigenvalue weighted by Crippen LogP contribution is -2.41. The molecule has 5 nitrogen and oxygen atoms in total. The minimum absolute atomic E-state index is 0. The summed E-state index contributed by atoms with van der Waals surface area (Å²) in [6, 6.07) is 0. The van der Waals surface area contributed by atoms with E-state index in [9.17, 15) is 0 Å². The van der Waals surface area contributed by atoms with Gasteiger partial charge in [-0.05, 0) is 20.3 Å². The van der Waals surface area contributed by atoms with Gasteiger partial charge in [0.05, 0.1) is 11.6 Å². The molecule has 2 rings (SSSR count). The van der Waals surface area contributed by atoms with Crippen molar-refractivity contribution in [3.63, 3.8) is 0 Å². The molecule has 0 spiro atoms. The van der Waals surface area contributed by atoms with E-state index < -0.39 is 0 Å². The molecule has 1 unspecified atom stereocenters. The Morgan fingerprint density at radius 1 is 1.59 bits per heavy atom. The normalized spacial score (nSPS) is 18.1. The number of aliphatic imine (C=N–C) groups is 1. The summed E-state index contributed by atoms with van der Waals surface area (Å²) in [7, 11) is 2.10. The minimum atomic E-state index is 0. The van der Waals surface area contributed by atoms with Crippen molar-refractivity contribution in [2.45, 2.75) is 26.7 Å². The molecule has 0 bridgehead atoms. The van der Waals surface area contributed by atoms with Crippen molar-refractivity contribution >= 4 is 41.3 Å². The van der Waals surface area contributed by atoms with E-state index in [0.717, 1.165) is 51.6 Å². The van der Waals surface area contributed by atoms with Crippen LogP contribution < -0.4 is 5.32 Å². The number of nitrogens with one attached hydrogen (secondary N) is 1. The smallest absolute Gasteiger partial charge is 0.193 e. The minimum Gasteiger partial charge on any atom is -0.381 e. The summed E-state index contributed by atoms with van der Waals surface area (Å²) in [5.74, 6) is 1.61. The van der Waals surface area contributed by atoms with E-state index in [1.165, 1.54) is 9.88 Å². The van der Waals surface area contributed by atoms with E-state index in [0.29, 0.717) is 5.92 Å². The molecule has 0 saturated carbocycles. The summed E-state index contributed by atoms with van der Waals surface area (Å²) in [5, 5.41) is 4.53. The van der Waals surface area contributed by atoms with E-state index in [4.69, 9.17) is 9.73 Å². The van der Waals surface area contributed by atoms with E-state index >= 15 is 0 Å². The Hall–Kier alpha value is -0.410. The third-order valence-electron chi connectivity index (χ3n) is 3.51. The van der Waals surface area contributed by atoms with Crippen molar-refractivity contribution in [3.05, 3.63) is 16.1 Å². The highest BCUT2D eigenvalue weighted by molar-refractivity contribution is 14.0. The first-order chi connectivity index (χ1) is 10.2. The standard InChI is InChI=1S/C15H26N4OS.HI/c1-4-16-15(19(3)10-13-6-8-20-11-13)17-7-5-14-18-9-12(2)21-14;/h9,13H,4-8,10-11H2,1-3H3,(H,16,17);1H. The van der Waals surface area contributed by atoms with Gasteiger partial charge in [-0.3, -0.25) is 4.99 Å². The van der Waals surface area contributed by atoms with Gasteiger partial charge in [0, 0.05) is 56.7 Å². The predicted octanol–water partition coefficient (Wildman–Crippen LogP) is 2.55. The van der Waals surface area contributed by atoms with Gasteiger partial charge >= 0.3 is 0 Å². The van der Waals surface area contributed by atoms with Crippen molar-refractivity contribution in [1.82, 2.24) is 15.2 Å². The molecule has 1 fully saturated rings. The Morgan fingerprint density at radius 3 is 3.00 bits per heavy atom. The van der Waals surface area contributed by atoms with Gasteiger partial charge in [-0.1, -0.05) is 0 Å². The zero-order valence-electron chi connectivity index (χ0n) is 13.7. The molecule has 22 heavy (non-hydrogen) atoms. The van der Waals surface area contributed by atoms with Crippen LogP contribution in [-0.4, -0.2) is 55.7 Å². The van der Waals surface area contributed by atoms with Crippen LogP contribution >= 0.6 is 35.3 Å². The Morgan fingerprint density at radius 2 is 2.41 bits per heavy atom. The number of nitrogens with zero attached hydrogens (tertiary/aromatic N) is 3. The number of thiazole rings is 1. The Labute approximate surface area is 154 Å². The molecule has 1 atom stereocenters. The lowest BCUT2D eigenvalue weighted by atomic mass is 10.1. The summed E-state index contributed by atoms with van der Waals surface area (Å²) in [4.78, 5) is 12.6. The molecule has 0 amide bonds. The zero-order valence-corrected chi connectivity index (χ0v) is 16.8. The highest BCUT2D eigenvalue weighted by atomic mass is 127. The number of aryl methyl sites for hydroxylation is 1. The molecule has 1 aromatic heterocycles. The Kier molecular flexibility index (Phi) is 9.27. The van der Waals surface area contributed by atoms with Gasteiger partial charge in [0.1, 0.15) is 0 Å². The molecule has 1 saturated heterocycles. The van der Waals surface area contributed by atoms with Crippen LogP contribution in [0.3, 0.4) is 0 Å². The number of hydrogen-bond donors (Lipinski definition) is 1. The van der Waals surface area contributed by atoms with E-state index in [1.807, 2.05) is 6.20 Å². The fourth-order valence-electron chi connectivity index (χ4n) is 2.45. The highest BCUT2D eigenvalue weighted by Crippen LogP contribution is 2.14. The largest absolute Gasteiger partial charge is 0.381 e. The SMILES string of the molecule is CCNC(=NCCc1ncc(C)s1)N(C)CC1CCOC1.I. The van der Waals surface area contributed by atoms with Gasteiger partial charge in [-0.25, -0.2) is 4.98 Å². The summed E-state index contributed by atoms with van der Waals surface area (Å²) in [6.07, 6.45) is 4.00. The van der Waals surface area contributed by atoms with Gasteiger partial charge in [-0.2, -0.15) is 0 Å². The Balaban J connectivity index is 0.00000242. The first-order valence-corrected chi connectivity index (χ1v) is 8.49. The van der Waals surface area contributed by atoms with Crippen molar-refractivity contribution in [1.29, 1.82) is 0 Å². The second-order valence-corrected chi connectivity index (χ2v) is 6.78. The molecular weight excluding hydrogens is 411 g/mol. The number of guanidine groups is 1. The molecule has 1 N–H and O–H groups in total. The maximum Gasteiger partial charge on any atom is 0.193 e. The first kappa shape index (κ1) is 19.6. The van der Waals surface area contributed by atoms with Gasteiger partial charge in [0.25, 0.3) is 0 Å². The van der Waals surface area contributed by atoms with E-state index in [-0.39, 0.29) is 24.0 Å². The second kappa shape index (κ2) is 10.4. The third-order valence-corrected chi connectivity index (χ3v) is 4.48. The number of aromatic nitrogens is 1. The molecule has 7 heteroatoms. The van der Waals surface area contributed by atoms with Crippen molar-refractivity contribution in [2.24, 2.45) is 10.9 Å². The average Bonchev–Trinajstić information content (AvgIpc) is 3.09. The first-order valence-electron chi connectivity index (χ1n) is 7.67.